The smallest absolute Gasteiger partial charge is 0.257 e. The van der Waals surface area contributed by atoms with Gasteiger partial charge in [0, 0.05) is 12.7 Å². The highest BCUT2D eigenvalue weighted by Crippen LogP contribution is 2.37. The molecule has 1 unspecified atom stereocenters. The van der Waals surface area contributed by atoms with Crippen molar-refractivity contribution in [3.8, 4) is 11.1 Å². The zero-order valence-electron chi connectivity index (χ0n) is 14.4. The first kappa shape index (κ1) is 15.5. The third-order valence-corrected chi connectivity index (χ3v) is 5.07. The van der Waals surface area contributed by atoms with E-state index in [9.17, 15) is 4.79 Å². The van der Waals surface area contributed by atoms with Gasteiger partial charge < -0.3 is 10.2 Å². The summed E-state index contributed by atoms with van der Waals surface area (Å²) in [5.41, 5.74) is 4.41. The monoisotopic (exact) mass is 328 g/mol. The molecule has 3 nitrogen and oxygen atoms in total. The van der Waals surface area contributed by atoms with Crippen molar-refractivity contribution in [1.29, 1.82) is 0 Å². The third-order valence-electron chi connectivity index (χ3n) is 5.07. The quantitative estimate of drug-likeness (QED) is 0.738. The molecule has 1 N–H and O–H groups in total. The van der Waals surface area contributed by atoms with E-state index >= 15 is 0 Å². The van der Waals surface area contributed by atoms with Gasteiger partial charge in [0.25, 0.3) is 5.91 Å². The Morgan fingerprint density at radius 3 is 2.12 bits per heavy atom. The van der Waals surface area contributed by atoms with E-state index < -0.39 is 5.66 Å². The van der Waals surface area contributed by atoms with E-state index in [1.54, 1.807) is 4.90 Å². The van der Waals surface area contributed by atoms with Crippen LogP contribution in [-0.2, 0) is 5.66 Å². The summed E-state index contributed by atoms with van der Waals surface area (Å²) >= 11 is 0. The number of hydrogen-bond acceptors (Lipinski definition) is 2. The number of nitrogens with one attached hydrogen (secondary N) is 1. The second-order valence-electron chi connectivity index (χ2n) is 6.55. The van der Waals surface area contributed by atoms with Gasteiger partial charge >= 0.3 is 0 Å². The van der Waals surface area contributed by atoms with Crippen molar-refractivity contribution >= 4 is 11.6 Å². The molecule has 0 spiro atoms. The Bertz CT molecular complexity index is 918. The van der Waals surface area contributed by atoms with Gasteiger partial charge in [-0.2, -0.15) is 0 Å². The van der Waals surface area contributed by atoms with Gasteiger partial charge in [-0.1, -0.05) is 66.7 Å². The van der Waals surface area contributed by atoms with Gasteiger partial charge in [0.2, 0.25) is 0 Å². The van der Waals surface area contributed by atoms with Crippen molar-refractivity contribution in [1.82, 2.24) is 4.90 Å². The Hall–Kier alpha value is -3.07. The zero-order valence-corrected chi connectivity index (χ0v) is 14.4. The molecular weight excluding hydrogens is 308 g/mol. The van der Waals surface area contributed by atoms with Crippen LogP contribution in [0.5, 0.6) is 0 Å². The maximum atomic E-state index is 12.8. The predicted molar refractivity (Wildman–Crippen MR) is 101 cm³/mol. The summed E-state index contributed by atoms with van der Waals surface area (Å²) in [6.07, 6.45) is 0. The average molecular weight is 328 g/mol. The Labute approximate surface area is 147 Å². The van der Waals surface area contributed by atoms with Crippen LogP contribution in [0.2, 0.25) is 0 Å². The summed E-state index contributed by atoms with van der Waals surface area (Å²) in [5, 5.41) is 3.53. The first-order chi connectivity index (χ1) is 12.1. The highest BCUT2D eigenvalue weighted by atomic mass is 16.2. The average Bonchev–Trinajstić information content (AvgIpc) is 2.67. The maximum absolute atomic E-state index is 12.8. The minimum Gasteiger partial charge on any atom is -0.358 e. The molecule has 0 fully saturated rings. The molecule has 124 valence electrons. The largest absolute Gasteiger partial charge is 0.358 e. The van der Waals surface area contributed by atoms with Crippen molar-refractivity contribution in [3.05, 3.63) is 90.0 Å². The Balaban J connectivity index is 1.73. The lowest BCUT2D eigenvalue weighted by Crippen LogP contribution is -2.53. The molecule has 3 aromatic rings. The number of para-hydroxylation sites is 1. The molecule has 4 rings (SSSR count). The molecule has 0 aromatic heterocycles. The number of amides is 1. The van der Waals surface area contributed by atoms with Crippen molar-refractivity contribution < 1.29 is 4.79 Å². The second kappa shape index (κ2) is 5.78. The molecule has 1 atom stereocenters. The topological polar surface area (TPSA) is 32.3 Å². The molecular formula is C22H20N2O. The third kappa shape index (κ3) is 2.49. The lowest BCUT2D eigenvalue weighted by atomic mass is 9.92. The fourth-order valence-electron chi connectivity index (χ4n) is 3.39. The second-order valence-corrected chi connectivity index (χ2v) is 6.55. The summed E-state index contributed by atoms with van der Waals surface area (Å²) in [5.74, 6) is 0.0315. The molecule has 1 amide bonds. The molecule has 1 heterocycles. The fourth-order valence-corrected chi connectivity index (χ4v) is 3.39. The fraction of sp³-hybridized carbons (Fsp3) is 0.136. The number of rotatable bonds is 2. The van der Waals surface area contributed by atoms with Crippen molar-refractivity contribution in [2.24, 2.45) is 0 Å². The summed E-state index contributed by atoms with van der Waals surface area (Å²) < 4.78 is 0. The first-order valence-corrected chi connectivity index (χ1v) is 8.41. The number of carbonyl (C=O) groups is 1. The van der Waals surface area contributed by atoms with Gasteiger partial charge in [0.1, 0.15) is 5.66 Å². The minimum atomic E-state index is -0.583. The molecule has 3 heteroatoms. The van der Waals surface area contributed by atoms with Crippen LogP contribution in [0.25, 0.3) is 11.1 Å². The highest BCUT2D eigenvalue weighted by Gasteiger charge is 2.39. The predicted octanol–water partition coefficient (Wildman–Crippen LogP) is 4.72. The molecule has 25 heavy (non-hydrogen) atoms. The van der Waals surface area contributed by atoms with Gasteiger partial charge in [0.05, 0.1) is 5.56 Å². The number of carbonyl (C=O) groups excluding carboxylic acids is 1. The summed E-state index contributed by atoms with van der Waals surface area (Å²) in [4.78, 5) is 14.6. The molecule has 3 aromatic carbocycles. The van der Waals surface area contributed by atoms with Crippen molar-refractivity contribution in [2.45, 2.75) is 12.6 Å². The van der Waals surface area contributed by atoms with Crippen LogP contribution in [0.15, 0.2) is 78.9 Å². The van der Waals surface area contributed by atoms with Crippen molar-refractivity contribution in [2.75, 3.05) is 12.4 Å². The molecule has 0 saturated carbocycles. The molecule has 0 saturated heterocycles. The molecule has 0 bridgehead atoms. The summed E-state index contributed by atoms with van der Waals surface area (Å²) in [6, 6.07) is 26.3. The summed E-state index contributed by atoms with van der Waals surface area (Å²) in [6.45, 7) is 2.04. The van der Waals surface area contributed by atoms with E-state index in [-0.39, 0.29) is 5.91 Å². The van der Waals surface area contributed by atoms with Gasteiger partial charge in [0.15, 0.2) is 0 Å². The summed E-state index contributed by atoms with van der Waals surface area (Å²) in [7, 11) is 1.84. The number of fused-ring (bicyclic) bond motifs is 1. The van der Waals surface area contributed by atoms with Crippen LogP contribution in [0, 0.1) is 0 Å². The van der Waals surface area contributed by atoms with Crippen LogP contribution < -0.4 is 5.32 Å². The highest BCUT2D eigenvalue weighted by molar-refractivity contribution is 6.02. The molecule has 0 radical (unpaired) electrons. The van der Waals surface area contributed by atoms with Crippen LogP contribution in [0.4, 0.5) is 5.69 Å². The van der Waals surface area contributed by atoms with Crippen molar-refractivity contribution in [3.63, 3.8) is 0 Å². The molecule has 1 aliphatic rings. The van der Waals surface area contributed by atoms with Gasteiger partial charge in [-0.3, -0.25) is 4.79 Å². The molecule has 0 aliphatic carbocycles. The van der Waals surface area contributed by atoms with Crippen LogP contribution >= 0.6 is 0 Å². The van der Waals surface area contributed by atoms with Crippen LogP contribution in [0.3, 0.4) is 0 Å². The lowest BCUT2D eigenvalue weighted by Gasteiger charge is -2.44. The first-order valence-electron chi connectivity index (χ1n) is 8.41. The number of anilines is 1. The van der Waals surface area contributed by atoms with E-state index in [1.807, 2.05) is 56.4 Å². The number of nitrogens with zero attached hydrogens (tertiary/aromatic N) is 1. The minimum absolute atomic E-state index is 0.0315. The Kier molecular flexibility index (Phi) is 3.57. The van der Waals surface area contributed by atoms with E-state index in [2.05, 4.69) is 41.7 Å². The maximum Gasteiger partial charge on any atom is 0.257 e. The van der Waals surface area contributed by atoms with E-state index in [1.165, 1.54) is 5.56 Å². The van der Waals surface area contributed by atoms with Crippen LogP contribution in [0.1, 0.15) is 22.8 Å². The van der Waals surface area contributed by atoms with E-state index in [4.69, 9.17) is 0 Å². The Morgan fingerprint density at radius 1 is 0.800 bits per heavy atom. The van der Waals surface area contributed by atoms with E-state index in [0.717, 1.165) is 16.8 Å². The zero-order chi connectivity index (χ0) is 17.4. The number of hydrogen-bond donors (Lipinski definition) is 1. The van der Waals surface area contributed by atoms with Gasteiger partial charge in [-0.05, 0) is 35.7 Å². The SMILES string of the molecule is CN1C(=O)c2ccccc2NC1(C)c1ccc(-c2ccccc2)cc1. The van der Waals surface area contributed by atoms with Crippen LogP contribution in [-0.4, -0.2) is 17.9 Å². The molecule has 1 aliphatic heterocycles. The standard InChI is InChI=1S/C22H20N2O/c1-22(23-20-11-7-6-10-19(20)21(25)24(22)2)18-14-12-17(13-15-18)16-8-4-3-5-9-16/h3-15,23H,1-2H3. The van der Waals surface area contributed by atoms with E-state index in [0.29, 0.717) is 5.56 Å². The number of benzene rings is 3. The van der Waals surface area contributed by atoms with Gasteiger partial charge in [-0.25, -0.2) is 0 Å². The normalized spacial score (nSPS) is 19.3. The lowest BCUT2D eigenvalue weighted by molar-refractivity contribution is 0.0615. The van der Waals surface area contributed by atoms with Gasteiger partial charge in [-0.15, -0.1) is 0 Å². The Morgan fingerprint density at radius 2 is 1.40 bits per heavy atom.